The van der Waals surface area contributed by atoms with Crippen molar-refractivity contribution in [1.82, 2.24) is 10.4 Å². The molecule has 0 radical (unpaired) electrons. The van der Waals surface area contributed by atoms with Crippen LogP contribution in [0.25, 0.3) is 0 Å². The molecule has 0 aliphatic heterocycles. The van der Waals surface area contributed by atoms with Gasteiger partial charge in [-0.05, 0) is 30.8 Å². The van der Waals surface area contributed by atoms with E-state index in [-0.39, 0.29) is 5.11 Å². The highest BCUT2D eigenvalue weighted by molar-refractivity contribution is 7.80. The molecular weight excluding hydrogens is 184 g/mol. The Labute approximate surface area is 81.9 Å². The highest BCUT2D eigenvalue weighted by atomic mass is 32.1. The topological polar surface area (TPSA) is 63.3 Å². The first-order chi connectivity index (χ1) is 6.20. The summed E-state index contributed by atoms with van der Waals surface area (Å²) in [4.78, 5) is 4.10. The fraction of sp³-hybridized carbons (Fsp3) is 0.125. The lowest BCUT2D eigenvalue weighted by Gasteiger charge is -1.97. The van der Waals surface area contributed by atoms with Crippen LogP contribution in [0, 0.1) is 6.92 Å². The number of aromatic nitrogens is 1. The number of nitrogens with two attached hydrogens (primary N) is 1. The molecule has 0 aliphatic carbocycles. The van der Waals surface area contributed by atoms with Gasteiger partial charge >= 0.3 is 0 Å². The van der Waals surface area contributed by atoms with Crippen LogP contribution in [0.2, 0.25) is 0 Å². The molecule has 3 N–H and O–H groups in total. The molecule has 0 amide bonds. The van der Waals surface area contributed by atoms with Crippen molar-refractivity contribution in [1.29, 1.82) is 0 Å². The molecule has 0 aliphatic rings. The molecule has 0 unspecified atom stereocenters. The van der Waals surface area contributed by atoms with Gasteiger partial charge in [-0.1, -0.05) is 6.07 Å². The largest absolute Gasteiger partial charge is 0.375 e. The van der Waals surface area contributed by atoms with Gasteiger partial charge in [0.15, 0.2) is 5.11 Å². The van der Waals surface area contributed by atoms with Crippen molar-refractivity contribution >= 4 is 23.5 Å². The summed E-state index contributed by atoms with van der Waals surface area (Å²) < 4.78 is 0. The van der Waals surface area contributed by atoms with Gasteiger partial charge in [0.05, 0.1) is 11.9 Å². The van der Waals surface area contributed by atoms with Crippen LogP contribution in [0.5, 0.6) is 0 Å². The van der Waals surface area contributed by atoms with E-state index in [4.69, 9.17) is 5.73 Å². The van der Waals surface area contributed by atoms with Gasteiger partial charge in [0, 0.05) is 6.20 Å². The van der Waals surface area contributed by atoms with E-state index in [9.17, 15) is 0 Å². The summed E-state index contributed by atoms with van der Waals surface area (Å²) in [6.45, 7) is 1.95. The molecule has 0 fully saturated rings. The number of hydrazone groups is 1. The standard InChI is InChI=1S/C8H10N4S/c1-6-3-2-4-10-7(6)5-11-12-8(9)13/h2-5H,1H3,(H3,9,12,13)/b11-5-. The molecule has 1 rings (SSSR count). The SMILES string of the molecule is Cc1cccnc1/C=N\NC(N)=S. The van der Waals surface area contributed by atoms with E-state index < -0.39 is 0 Å². The number of nitrogens with zero attached hydrogens (tertiary/aromatic N) is 2. The van der Waals surface area contributed by atoms with E-state index in [1.54, 1.807) is 12.4 Å². The molecule has 1 aromatic rings. The molecule has 4 nitrogen and oxygen atoms in total. The number of aryl methyl sites for hydroxylation is 1. The van der Waals surface area contributed by atoms with Gasteiger partial charge in [0.2, 0.25) is 0 Å². The van der Waals surface area contributed by atoms with Crippen molar-refractivity contribution in [2.24, 2.45) is 10.8 Å². The first-order valence-electron chi connectivity index (χ1n) is 3.70. The Morgan fingerprint density at radius 2 is 2.54 bits per heavy atom. The molecule has 1 aromatic heterocycles. The third-order valence-corrected chi connectivity index (χ3v) is 1.50. The third kappa shape index (κ3) is 3.16. The zero-order chi connectivity index (χ0) is 9.68. The first-order valence-corrected chi connectivity index (χ1v) is 4.11. The molecular formula is C8H10N4S. The number of nitrogens with one attached hydrogen (secondary N) is 1. The third-order valence-electron chi connectivity index (χ3n) is 1.41. The van der Waals surface area contributed by atoms with E-state index in [0.717, 1.165) is 11.3 Å². The second-order valence-electron chi connectivity index (χ2n) is 2.44. The quantitative estimate of drug-likeness (QED) is 0.410. The maximum Gasteiger partial charge on any atom is 0.184 e. The number of hydrogen-bond donors (Lipinski definition) is 2. The summed E-state index contributed by atoms with van der Waals surface area (Å²) in [5.41, 5.74) is 9.49. The highest BCUT2D eigenvalue weighted by Gasteiger charge is 1.92. The molecule has 0 saturated heterocycles. The predicted molar refractivity (Wildman–Crippen MR) is 56.5 cm³/mol. The van der Waals surface area contributed by atoms with E-state index in [1.807, 2.05) is 19.1 Å². The summed E-state index contributed by atoms with van der Waals surface area (Å²) in [7, 11) is 0. The van der Waals surface area contributed by atoms with Crippen molar-refractivity contribution in [2.45, 2.75) is 6.92 Å². The monoisotopic (exact) mass is 194 g/mol. The fourth-order valence-electron chi connectivity index (χ4n) is 0.790. The van der Waals surface area contributed by atoms with Gasteiger partial charge in [-0.25, -0.2) is 0 Å². The van der Waals surface area contributed by atoms with Gasteiger partial charge in [-0.2, -0.15) is 5.10 Å². The van der Waals surface area contributed by atoms with Crippen LogP contribution in [-0.4, -0.2) is 16.3 Å². The van der Waals surface area contributed by atoms with E-state index in [0.29, 0.717) is 0 Å². The smallest absolute Gasteiger partial charge is 0.184 e. The van der Waals surface area contributed by atoms with Crippen molar-refractivity contribution in [3.05, 3.63) is 29.6 Å². The molecule has 5 heteroatoms. The van der Waals surface area contributed by atoms with Crippen LogP contribution >= 0.6 is 12.2 Å². The van der Waals surface area contributed by atoms with E-state index in [1.165, 1.54) is 0 Å². The molecule has 1 heterocycles. The minimum absolute atomic E-state index is 0.143. The fourth-order valence-corrected chi connectivity index (χ4v) is 0.843. The maximum atomic E-state index is 5.18. The van der Waals surface area contributed by atoms with Gasteiger partial charge in [-0.15, -0.1) is 0 Å². The first kappa shape index (κ1) is 9.60. The Morgan fingerprint density at radius 1 is 1.77 bits per heavy atom. The number of thiocarbonyl (C=S) groups is 1. The predicted octanol–water partition coefficient (Wildman–Crippen LogP) is 0.557. The lowest BCUT2D eigenvalue weighted by atomic mass is 10.2. The molecule has 13 heavy (non-hydrogen) atoms. The van der Waals surface area contributed by atoms with Crippen molar-refractivity contribution in [3.8, 4) is 0 Å². The zero-order valence-corrected chi connectivity index (χ0v) is 8.01. The van der Waals surface area contributed by atoms with Crippen molar-refractivity contribution in [2.75, 3.05) is 0 Å². The number of hydrogen-bond acceptors (Lipinski definition) is 3. The molecule has 0 saturated carbocycles. The Morgan fingerprint density at radius 3 is 3.15 bits per heavy atom. The molecule has 0 atom stereocenters. The summed E-state index contributed by atoms with van der Waals surface area (Å²) in [5, 5.41) is 3.94. The Hall–Kier alpha value is -1.49. The molecule has 0 aromatic carbocycles. The van der Waals surface area contributed by atoms with Crippen LogP contribution < -0.4 is 11.2 Å². The Balaban J connectivity index is 2.68. The summed E-state index contributed by atoms with van der Waals surface area (Å²) in [5.74, 6) is 0. The summed E-state index contributed by atoms with van der Waals surface area (Å²) in [6, 6.07) is 3.82. The number of pyridine rings is 1. The molecule has 0 spiro atoms. The molecule has 0 bridgehead atoms. The summed E-state index contributed by atoms with van der Waals surface area (Å²) >= 11 is 4.58. The average molecular weight is 194 g/mol. The van der Waals surface area contributed by atoms with Crippen LogP contribution in [0.1, 0.15) is 11.3 Å². The second kappa shape index (κ2) is 4.51. The lowest BCUT2D eigenvalue weighted by Crippen LogP contribution is -2.24. The van der Waals surface area contributed by atoms with Gasteiger partial charge < -0.3 is 5.73 Å². The zero-order valence-electron chi connectivity index (χ0n) is 7.19. The van der Waals surface area contributed by atoms with Gasteiger partial charge in [0.25, 0.3) is 0 Å². The minimum atomic E-state index is 0.143. The Bertz CT molecular complexity index is 335. The molecule has 68 valence electrons. The van der Waals surface area contributed by atoms with E-state index in [2.05, 4.69) is 27.7 Å². The highest BCUT2D eigenvalue weighted by Crippen LogP contribution is 1.98. The second-order valence-corrected chi connectivity index (χ2v) is 2.88. The van der Waals surface area contributed by atoms with Crippen LogP contribution in [-0.2, 0) is 0 Å². The normalized spacial score (nSPS) is 10.2. The van der Waals surface area contributed by atoms with Crippen molar-refractivity contribution in [3.63, 3.8) is 0 Å². The Kier molecular flexibility index (Phi) is 3.33. The summed E-state index contributed by atoms with van der Waals surface area (Å²) in [6.07, 6.45) is 3.28. The van der Waals surface area contributed by atoms with E-state index >= 15 is 0 Å². The lowest BCUT2D eigenvalue weighted by molar-refractivity contribution is 1.04. The van der Waals surface area contributed by atoms with Gasteiger partial charge in [-0.3, -0.25) is 10.4 Å². The number of rotatable bonds is 2. The van der Waals surface area contributed by atoms with Gasteiger partial charge in [0.1, 0.15) is 0 Å². The van der Waals surface area contributed by atoms with Crippen LogP contribution in [0.3, 0.4) is 0 Å². The van der Waals surface area contributed by atoms with Crippen molar-refractivity contribution < 1.29 is 0 Å². The maximum absolute atomic E-state index is 5.18. The van der Waals surface area contributed by atoms with Crippen LogP contribution in [0.15, 0.2) is 23.4 Å². The van der Waals surface area contributed by atoms with Crippen LogP contribution in [0.4, 0.5) is 0 Å². The average Bonchev–Trinajstić information content (AvgIpc) is 2.08. The minimum Gasteiger partial charge on any atom is -0.375 e.